The zero-order valence-corrected chi connectivity index (χ0v) is 11.0. The molecule has 0 heterocycles. The van der Waals surface area contributed by atoms with Crippen molar-refractivity contribution in [3.8, 4) is 0 Å². The van der Waals surface area contributed by atoms with E-state index in [0.717, 1.165) is 30.9 Å². The van der Waals surface area contributed by atoms with Gasteiger partial charge in [-0.1, -0.05) is 13.8 Å². The predicted molar refractivity (Wildman–Crippen MR) is 68.1 cm³/mol. The number of hydrogen-bond donors (Lipinski definition) is 2. The van der Waals surface area contributed by atoms with Crippen LogP contribution in [0.1, 0.15) is 40.0 Å². The lowest BCUT2D eigenvalue weighted by atomic mass is 9.98. The van der Waals surface area contributed by atoms with Gasteiger partial charge in [0.25, 0.3) is 0 Å². The third-order valence-electron chi connectivity index (χ3n) is 2.40. The van der Waals surface area contributed by atoms with Gasteiger partial charge in [0.1, 0.15) is 0 Å². The largest absolute Gasteiger partial charge is 0.368 e. The Kier molecular flexibility index (Phi) is 7.88. The Bertz CT molecular complexity index is 187. The van der Waals surface area contributed by atoms with Crippen LogP contribution in [0, 0.1) is 0 Å². The summed E-state index contributed by atoms with van der Waals surface area (Å²) in [6.45, 7) is 6.99. The van der Waals surface area contributed by atoms with Gasteiger partial charge < -0.3 is 11.1 Å². The maximum Gasteiger partial charge on any atom is 0.237 e. The van der Waals surface area contributed by atoms with Gasteiger partial charge in [-0.25, -0.2) is 0 Å². The highest BCUT2D eigenvalue weighted by molar-refractivity contribution is 7.99. The Morgan fingerprint density at radius 3 is 2.47 bits per heavy atom. The van der Waals surface area contributed by atoms with Crippen LogP contribution in [0.15, 0.2) is 0 Å². The first kappa shape index (κ1) is 14.8. The fourth-order valence-electron chi connectivity index (χ4n) is 1.22. The van der Waals surface area contributed by atoms with Crippen molar-refractivity contribution in [1.82, 2.24) is 5.32 Å². The molecule has 0 aliphatic heterocycles. The summed E-state index contributed by atoms with van der Waals surface area (Å²) in [5.74, 6) is 1.90. The maximum atomic E-state index is 11.3. The molecule has 0 aromatic carbocycles. The molecule has 0 saturated heterocycles. The third-order valence-corrected chi connectivity index (χ3v) is 3.59. The van der Waals surface area contributed by atoms with Gasteiger partial charge in [-0.2, -0.15) is 11.8 Å². The van der Waals surface area contributed by atoms with Crippen molar-refractivity contribution in [2.45, 2.75) is 45.6 Å². The standard InChI is InChI=1S/C11H24N2OS/c1-4-7-13-11(3,10(12)14)6-9-15-8-5-2/h13H,4-9H2,1-3H3,(H2,12,14). The summed E-state index contributed by atoms with van der Waals surface area (Å²) in [6.07, 6.45) is 3.01. The summed E-state index contributed by atoms with van der Waals surface area (Å²) in [6, 6.07) is 0. The molecular weight excluding hydrogens is 208 g/mol. The highest BCUT2D eigenvalue weighted by Crippen LogP contribution is 2.14. The fourth-order valence-corrected chi connectivity index (χ4v) is 2.27. The van der Waals surface area contributed by atoms with Gasteiger partial charge in [0.05, 0.1) is 5.54 Å². The van der Waals surface area contributed by atoms with Gasteiger partial charge in [-0.05, 0) is 44.2 Å². The van der Waals surface area contributed by atoms with Crippen molar-refractivity contribution < 1.29 is 4.79 Å². The predicted octanol–water partition coefficient (Wildman–Crippen LogP) is 1.76. The average molecular weight is 232 g/mol. The van der Waals surface area contributed by atoms with Gasteiger partial charge >= 0.3 is 0 Å². The Morgan fingerprint density at radius 2 is 2.00 bits per heavy atom. The molecule has 0 rings (SSSR count). The molecule has 15 heavy (non-hydrogen) atoms. The maximum absolute atomic E-state index is 11.3. The lowest BCUT2D eigenvalue weighted by Crippen LogP contribution is -2.53. The van der Waals surface area contributed by atoms with Crippen LogP contribution in [0.4, 0.5) is 0 Å². The Balaban J connectivity index is 3.96. The molecule has 0 saturated carbocycles. The number of thioether (sulfide) groups is 1. The minimum atomic E-state index is -0.531. The Morgan fingerprint density at radius 1 is 1.33 bits per heavy atom. The van der Waals surface area contributed by atoms with Crippen molar-refractivity contribution >= 4 is 17.7 Å². The molecule has 1 unspecified atom stereocenters. The molecule has 0 spiro atoms. The van der Waals surface area contributed by atoms with Gasteiger partial charge in [0.2, 0.25) is 5.91 Å². The lowest BCUT2D eigenvalue weighted by Gasteiger charge is -2.27. The molecule has 1 amide bonds. The van der Waals surface area contributed by atoms with Crippen molar-refractivity contribution in [3.63, 3.8) is 0 Å². The molecule has 0 aromatic heterocycles. The van der Waals surface area contributed by atoms with Gasteiger partial charge in [0.15, 0.2) is 0 Å². The van der Waals surface area contributed by atoms with Crippen LogP contribution in [0.2, 0.25) is 0 Å². The Hall–Kier alpha value is -0.220. The molecule has 0 fully saturated rings. The second-order valence-corrected chi connectivity index (χ2v) is 5.21. The van der Waals surface area contributed by atoms with E-state index in [1.807, 2.05) is 18.7 Å². The third kappa shape index (κ3) is 6.05. The summed E-state index contributed by atoms with van der Waals surface area (Å²) in [5.41, 5.74) is 4.88. The Labute approximate surface area is 97.6 Å². The molecule has 1 atom stereocenters. The minimum absolute atomic E-state index is 0.243. The highest BCUT2D eigenvalue weighted by atomic mass is 32.2. The number of amides is 1. The molecule has 3 nitrogen and oxygen atoms in total. The van der Waals surface area contributed by atoms with Crippen LogP contribution >= 0.6 is 11.8 Å². The average Bonchev–Trinajstić information content (AvgIpc) is 2.21. The quantitative estimate of drug-likeness (QED) is 0.596. The van der Waals surface area contributed by atoms with E-state index in [-0.39, 0.29) is 5.91 Å². The van der Waals surface area contributed by atoms with Crippen LogP contribution in [0.25, 0.3) is 0 Å². The smallest absolute Gasteiger partial charge is 0.237 e. The van der Waals surface area contributed by atoms with E-state index in [1.54, 1.807) is 0 Å². The van der Waals surface area contributed by atoms with Crippen LogP contribution in [-0.4, -0.2) is 29.5 Å². The summed E-state index contributed by atoms with van der Waals surface area (Å²) < 4.78 is 0. The molecule has 0 aliphatic rings. The molecule has 0 radical (unpaired) electrons. The molecule has 90 valence electrons. The van der Waals surface area contributed by atoms with Crippen LogP contribution in [0.3, 0.4) is 0 Å². The van der Waals surface area contributed by atoms with Crippen molar-refractivity contribution in [2.75, 3.05) is 18.1 Å². The van der Waals surface area contributed by atoms with E-state index in [2.05, 4.69) is 19.2 Å². The highest BCUT2D eigenvalue weighted by Gasteiger charge is 2.29. The van der Waals surface area contributed by atoms with E-state index < -0.39 is 5.54 Å². The number of primary amides is 1. The van der Waals surface area contributed by atoms with E-state index >= 15 is 0 Å². The van der Waals surface area contributed by atoms with Crippen molar-refractivity contribution in [2.24, 2.45) is 5.73 Å². The second-order valence-electron chi connectivity index (χ2n) is 3.99. The molecule has 3 N–H and O–H groups in total. The number of nitrogens with two attached hydrogens (primary N) is 1. The molecular formula is C11H24N2OS. The van der Waals surface area contributed by atoms with E-state index in [0.29, 0.717) is 0 Å². The first-order valence-corrected chi connectivity index (χ1v) is 6.85. The number of carbonyl (C=O) groups is 1. The van der Waals surface area contributed by atoms with Crippen molar-refractivity contribution in [1.29, 1.82) is 0 Å². The van der Waals surface area contributed by atoms with Gasteiger partial charge in [-0.15, -0.1) is 0 Å². The number of nitrogens with one attached hydrogen (secondary N) is 1. The van der Waals surface area contributed by atoms with Crippen LogP contribution < -0.4 is 11.1 Å². The van der Waals surface area contributed by atoms with E-state index in [4.69, 9.17) is 5.73 Å². The molecule has 4 heteroatoms. The van der Waals surface area contributed by atoms with E-state index in [1.165, 1.54) is 6.42 Å². The normalized spacial score (nSPS) is 14.9. The van der Waals surface area contributed by atoms with E-state index in [9.17, 15) is 4.79 Å². The number of hydrogen-bond acceptors (Lipinski definition) is 3. The lowest BCUT2D eigenvalue weighted by molar-refractivity contribution is -0.123. The SMILES string of the molecule is CCCNC(C)(CCSCCC)C(N)=O. The number of carbonyl (C=O) groups excluding carboxylic acids is 1. The first-order valence-electron chi connectivity index (χ1n) is 5.69. The zero-order valence-electron chi connectivity index (χ0n) is 10.1. The monoisotopic (exact) mass is 232 g/mol. The van der Waals surface area contributed by atoms with Crippen LogP contribution in [0.5, 0.6) is 0 Å². The first-order chi connectivity index (χ1) is 7.06. The van der Waals surface area contributed by atoms with Gasteiger partial charge in [-0.3, -0.25) is 4.79 Å². The van der Waals surface area contributed by atoms with Crippen LogP contribution in [-0.2, 0) is 4.79 Å². The van der Waals surface area contributed by atoms with Crippen molar-refractivity contribution in [3.05, 3.63) is 0 Å². The fraction of sp³-hybridized carbons (Fsp3) is 0.909. The second kappa shape index (κ2) is 7.99. The summed E-state index contributed by atoms with van der Waals surface area (Å²) in [4.78, 5) is 11.3. The number of rotatable bonds is 9. The minimum Gasteiger partial charge on any atom is -0.368 e. The molecule has 0 aromatic rings. The van der Waals surface area contributed by atoms with Gasteiger partial charge in [0, 0.05) is 0 Å². The summed E-state index contributed by atoms with van der Waals surface area (Å²) in [5, 5.41) is 3.23. The topological polar surface area (TPSA) is 55.1 Å². The summed E-state index contributed by atoms with van der Waals surface area (Å²) in [7, 11) is 0. The molecule has 0 aliphatic carbocycles. The zero-order chi connectivity index (χ0) is 11.7. The molecule has 0 bridgehead atoms. The summed E-state index contributed by atoms with van der Waals surface area (Å²) >= 11 is 1.88.